The summed E-state index contributed by atoms with van der Waals surface area (Å²) in [7, 11) is -3.59. The first kappa shape index (κ1) is 21.1. The first-order valence-electron chi connectivity index (χ1n) is 10.00. The van der Waals surface area contributed by atoms with Crippen LogP contribution >= 0.6 is 0 Å². The Morgan fingerprint density at radius 1 is 0.968 bits per heavy atom. The van der Waals surface area contributed by atoms with Crippen LogP contribution < -0.4 is 9.21 Å². The van der Waals surface area contributed by atoms with Crippen molar-refractivity contribution in [3.8, 4) is 0 Å². The summed E-state index contributed by atoms with van der Waals surface area (Å²) in [5.41, 5.74) is 2.37. The number of amides is 1. The zero-order valence-electron chi connectivity index (χ0n) is 17.3. The maximum Gasteiger partial charge on any atom is 0.258 e. The van der Waals surface area contributed by atoms with Crippen LogP contribution in [-0.4, -0.2) is 26.6 Å². The minimum Gasteiger partial charge on any atom is -0.305 e. The number of nitrogens with zero attached hydrogens (tertiary/aromatic N) is 2. The fraction of sp³-hybridized carbons (Fsp3) is 0.208. The fourth-order valence-electron chi connectivity index (χ4n) is 4.22. The van der Waals surface area contributed by atoms with E-state index in [1.165, 1.54) is 34.8 Å². The highest BCUT2D eigenvalue weighted by Gasteiger charge is 2.39. The quantitative estimate of drug-likeness (QED) is 0.590. The van der Waals surface area contributed by atoms with E-state index in [0.29, 0.717) is 23.4 Å². The third-order valence-electron chi connectivity index (χ3n) is 5.52. The minimum atomic E-state index is -3.59. The van der Waals surface area contributed by atoms with E-state index in [0.717, 1.165) is 5.56 Å². The fourth-order valence-corrected chi connectivity index (χ4v) is 5.39. The first-order chi connectivity index (χ1) is 14.8. The number of hydrogen-bond donors (Lipinski definition) is 0. The minimum absolute atomic E-state index is 0.246. The number of para-hydroxylation sites is 2. The van der Waals surface area contributed by atoms with Crippen LogP contribution in [0.3, 0.4) is 0 Å². The van der Waals surface area contributed by atoms with Crippen molar-refractivity contribution in [1.82, 2.24) is 0 Å². The van der Waals surface area contributed by atoms with E-state index in [1.807, 2.05) is 37.3 Å². The predicted molar refractivity (Wildman–Crippen MR) is 120 cm³/mol. The molecule has 0 unspecified atom stereocenters. The van der Waals surface area contributed by atoms with Crippen molar-refractivity contribution in [2.75, 3.05) is 15.5 Å². The SMILES string of the molecule is C[C@@H]1C[C@@H](N(c2ccccc2)S(C)(=O)=O)c2ccccc2N1C(=O)c1ccc(F)cc1. The van der Waals surface area contributed by atoms with Gasteiger partial charge in [-0.1, -0.05) is 36.4 Å². The molecule has 0 aliphatic carbocycles. The molecular formula is C24H23FN2O3S. The predicted octanol–water partition coefficient (Wildman–Crippen LogP) is 4.77. The summed E-state index contributed by atoms with van der Waals surface area (Å²) < 4.78 is 40.4. The van der Waals surface area contributed by atoms with E-state index in [2.05, 4.69) is 0 Å². The number of halogens is 1. The highest BCUT2D eigenvalue weighted by Crippen LogP contribution is 2.43. The summed E-state index contributed by atoms with van der Waals surface area (Å²) in [6.07, 6.45) is 1.62. The van der Waals surface area contributed by atoms with Crippen LogP contribution in [0.25, 0.3) is 0 Å². The average molecular weight is 439 g/mol. The standard InChI is InChI=1S/C24H23FN2O3S/c1-17-16-23(27(31(2,29)30)20-8-4-3-5-9-20)21-10-6-7-11-22(21)26(17)24(28)18-12-14-19(25)15-13-18/h3-15,17,23H,16H2,1-2H3/t17-,23-/m1/s1. The van der Waals surface area contributed by atoms with E-state index in [9.17, 15) is 17.6 Å². The van der Waals surface area contributed by atoms with E-state index in [-0.39, 0.29) is 11.9 Å². The number of hydrogen-bond acceptors (Lipinski definition) is 3. The van der Waals surface area contributed by atoms with Crippen molar-refractivity contribution in [3.05, 3.63) is 95.8 Å². The summed E-state index contributed by atoms with van der Waals surface area (Å²) in [5, 5.41) is 0. The van der Waals surface area contributed by atoms with Crippen LogP contribution in [-0.2, 0) is 10.0 Å². The second kappa shape index (κ2) is 8.15. The largest absolute Gasteiger partial charge is 0.305 e. The summed E-state index contributed by atoms with van der Waals surface area (Å²) in [6.45, 7) is 1.90. The maximum absolute atomic E-state index is 13.3. The van der Waals surface area contributed by atoms with Crippen LogP contribution in [0.5, 0.6) is 0 Å². The summed E-state index contributed by atoms with van der Waals surface area (Å²) >= 11 is 0. The molecule has 0 saturated heterocycles. The van der Waals surface area contributed by atoms with Gasteiger partial charge in [0.15, 0.2) is 0 Å². The molecule has 31 heavy (non-hydrogen) atoms. The number of fused-ring (bicyclic) bond motifs is 1. The van der Waals surface area contributed by atoms with Gasteiger partial charge in [0.1, 0.15) is 5.82 Å². The Bertz CT molecular complexity index is 1200. The highest BCUT2D eigenvalue weighted by molar-refractivity contribution is 7.92. The Balaban J connectivity index is 1.81. The lowest BCUT2D eigenvalue weighted by atomic mass is 9.90. The lowest BCUT2D eigenvalue weighted by molar-refractivity contribution is 0.0974. The van der Waals surface area contributed by atoms with Crippen molar-refractivity contribution in [2.24, 2.45) is 0 Å². The summed E-state index contributed by atoms with van der Waals surface area (Å²) in [5.74, 6) is -0.653. The van der Waals surface area contributed by atoms with Crippen LogP contribution in [0, 0.1) is 5.82 Å². The van der Waals surface area contributed by atoms with Gasteiger partial charge < -0.3 is 4.90 Å². The molecule has 2 atom stereocenters. The Hall–Kier alpha value is -3.19. The van der Waals surface area contributed by atoms with Crippen molar-refractivity contribution in [2.45, 2.75) is 25.4 Å². The molecule has 160 valence electrons. The van der Waals surface area contributed by atoms with Crippen molar-refractivity contribution < 1.29 is 17.6 Å². The van der Waals surface area contributed by atoms with Gasteiger partial charge in [0.05, 0.1) is 18.0 Å². The second-order valence-electron chi connectivity index (χ2n) is 7.74. The zero-order valence-corrected chi connectivity index (χ0v) is 18.1. The molecule has 0 saturated carbocycles. The lowest BCUT2D eigenvalue weighted by Gasteiger charge is -2.43. The van der Waals surface area contributed by atoms with E-state index < -0.39 is 21.9 Å². The molecule has 5 nitrogen and oxygen atoms in total. The Kier molecular flexibility index (Phi) is 5.54. The van der Waals surface area contributed by atoms with Crippen molar-refractivity contribution >= 4 is 27.3 Å². The number of rotatable bonds is 4. The van der Waals surface area contributed by atoms with Gasteiger partial charge in [0.25, 0.3) is 5.91 Å². The second-order valence-corrected chi connectivity index (χ2v) is 9.60. The number of anilines is 2. The number of benzene rings is 3. The monoisotopic (exact) mass is 438 g/mol. The topological polar surface area (TPSA) is 57.7 Å². The van der Waals surface area contributed by atoms with Gasteiger partial charge in [-0.25, -0.2) is 12.8 Å². The summed E-state index contributed by atoms with van der Waals surface area (Å²) in [4.78, 5) is 15.0. The molecule has 0 radical (unpaired) electrons. The molecule has 1 heterocycles. The maximum atomic E-state index is 13.3. The van der Waals surface area contributed by atoms with Gasteiger partial charge in [-0.3, -0.25) is 9.10 Å². The number of carbonyl (C=O) groups is 1. The molecule has 0 bridgehead atoms. The molecule has 1 amide bonds. The van der Waals surface area contributed by atoms with Crippen molar-refractivity contribution in [1.29, 1.82) is 0 Å². The number of sulfonamides is 1. The average Bonchev–Trinajstić information content (AvgIpc) is 2.74. The summed E-state index contributed by atoms with van der Waals surface area (Å²) in [6, 6.07) is 21.0. The number of carbonyl (C=O) groups excluding carboxylic acids is 1. The highest BCUT2D eigenvalue weighted by atomic mass is 32.2. The molecule has 0 fully saturated rings. The Labute approximate surface area is 181 Å². The van der Waals surface area contributed by atoms with E-state index >= 15 is 0 Å². The van der Waals surface area contributed by atoms with Gasteiger partial charge in [-0.15, -0.1) is 0 Å². The smallest absolute Gasteiger partial charge is 0.258 e. The normalized spacial score (nSPS) is 18.4. The van der Waals surface area contributed by atoms with Gasteiger partial charge in [0, 0.05) is 17.3 Å². The van der Waals surface area contributed by atoms with Crippen LogP contribution in [0.2, 0.25) is 0 Å². The van der Waals surface area contributed by atoms with E-state index in [1.54, 1.807) is 29.2 Å². The molecule has 0 aromatic heterocycles. The van der Waals surface area contributed by atoms with Crippen molar-refractivity contribution in [3.63, 3.8) is 0 Å². The third kappa shape index (κ3) is 4.05. The molecule has 7 heteroatoms. The van der Waals surface area contributed by atoms with Gasteiger partial charge in [-0.05, 0) is 61.4 Å². The van der Waals surface area contributed by atoms with Gasteiger partial charge in [-0.2, -0.15) is 0 Å². The lowest BCUT2D eigenvalue weighted by Crippen LogP contribution is -2.47. The molecule has 1 aliphatic rings. The zero-order chi connectivity index (χ0) is 22.2. The third-order valence-corrected chi connectivity index (χ3v) is 6.70. The van der Waals surface area contributed by atoms with Crippen LogP contribution in [0.15, 0.2) is 78.9 Å². The molecule has 1 aliphatic heterocycles. The van der Waals surface area contributed by atoms with Crippen LogP contribution in [0.4, 0.5) is 15.8 Å². The first-order valence-corrected chi connectivity index (χ1v) is 11.8. The molecule has 0 N–H and O–H groups in total. The molecule has 3 aromatic rings. The molecular weight excluding hydrogens is 415 g/mol. The van der Waals surface area contributed by atoms with Crippen LogP contribution in [0.1, 0.15) is 35.3 Å². The Morgan fingerprint density at radius 2 is 1.58 bits per heavy atom. The van der Waals surface area contributed by atoms with E-state index in [4.69, 9.17) is 0 Å². The Morgan fingerprint density at radius 3 is 2.23 bits per heavy atom. The molecule has 3 aromatic carbocycles. The van der Waals surface area contributed by atoms with Gasteiger partial charge in [0.2, 0.25) is 10.0 Å². The van der Waals surface area contributed by atoms with Gasteiger partial charge >= 0.3 is 0 Å². The molecule has 4 rings (SSSR count). The molecule has 0 spiro atoms.